The molecule has 0 heterocycles. The summed E-state index contributed by atoms with van der Waals surface area (Å²) in [4.78, 5) is 12.2. The van der Waals surface area contributed by atoms with E-state index in [4.69, 9.17) is 0 Å². The summed E-state index contributed by atoms with van der Waals surface area (Å²) >= 11 is 1.21. The lowest BCUT2D eigenvalue weighted by Crippen LogP contribution is -2.24. The summed E-state index contributed by atoms with van der Waals surface area (Å²) in [5.74, 6) is -0.170. The third-order valence-corrected chi connectivity index (χ3v) is 3.82. The zero-order chi connectivity index (χ0) is 14.4. The highest BCUT2D eigenvalue weighted by Crippen LogP contribution is 2.20. The largest absolute Gasteiger partial charge is 0.351 e. The van der Waals surface area contributed by atoms with Gasteiger partial charge in [-0.05, 0) is 24.6 Å². The van der Waals surface area contributed by atoms with Crippen LogP contribution >= 0.6 is 11.8 Å². The molecule has 0 fully saturated rings. The number of hydrogen-bond donors (Lipinski definition) is 1. The molecule has 0 aliphatic carbocycles. The second-order valence-corrected chi connectivity index (χ2v) is 5.50. The second-order valence-electron chi connectivity index (χ2n) is 4.48. The molecule has 2 aromatic rings. The van der Waals surface area contributed by atoms with Crippen molar-refractivity contribution in [2.24, 2.45) is 0 Å². The van der Waals surface area contributed by atoms with Crippen molar-refractivity contribution in [1.29, 1.82) is 0 Å². The predicted molar refractivity (Wildman–Crippen MR) is 80.1 cm³/mol. The van der Waals surface area contributed by atoms with E-state index in [2.05, 4.69) is 5.32 Å². The van der Waals surface area contributed by atoms with Crippen molar-refractivity contribution in [3.8, 4) is 0 Å². The van der Waals surface area contributed by atoms with Crippen molar-refractivity contribution in [3.63, 3.8) is 0 Å². The smallest absolute Gasteiger partial charge is 0.230 e. The van der Waals surface area contributed by atoms with Crippen molar-refractivity contribution in [1.82, 2.24) is 5.32 Å². The van der Waals surface area contributed by atoms with Gasteiger partial charge in [0.1, 0.15) is 5.82 Å². The Labute approximate surface area is 122 Å². The van der Waals surface area contributed by atoms with E-state index >= 15 is 0 Å². The molecular formula is C16H16FNOS. The van der Waals surface area contributed by atoms with E-state index in [0.29, 0.717) is 11.4 Å². The highest BCUT2D eigenvalue weighted by molar-refractivity contribution is 8.00. The molecule has 1 amide bonds. The number of amides is 1. The first-order valence-electron chi connectivity index (χ1n) is 6.35. The van der Waals surface area contributed by atoms with Gasteiger partial charge in [0.25, 0.3) is 0 Å². The third kappa shape index (κ3) is 4.38. The van der Waals surface area contributed by atoms with E-state index in [9.17, 15) is 9.18 Å². The minimum atomic E-state index is -0.288. The minimum absolute atomic E-state index is 0.0974. The maximum absolute atomic E-state index is 13.4. The molecule has 0 bridgehead atoms. The van der Waals surface area contributed by atoms with Crippen LogP contribution in [0.2, 0.25) is 0 Å². The average molecular weight is 289 g/mol. The normalized spacial score (nSPS) is 10.3. The van der Waals surface area contributed by atoms with Gasteiger partial charge in [-0.3, -0.25) is 4.79 Å². The van der Waals surface area contributed by atoms with Crippen LogP contribution in [-0.2, 0) is 11.3 Å². The maximum atomic E-state index is 13.4. The second kappa shape index (κ2) is 7.10. The Morgan fingerprint density at radius 3 is 2.75 bits per heavy atom. The number of nitrogens with one attached hydrogen (secondary N) is 1. The van der Waals surface area contributed by atoms with Crippen LogP contribution in [0.4, 0.5) is 4.39 Å². The van der Waals surface area contributed by atoms with Gasteiger partial charge in [0, 0.05) is 11.4 Å². The zero-order valence-electron chi connectivity index (χ0n) is 11.2. The molecule has 0 aliphatic rings. The molecule has 0 spiro atoms. The molecule has 0 saturated carbocycles. The van der Waals surface area contributed by atoms with Crippen LogP contribution < -0.4 is 5.32 Å². The topological polar surface area (TPSA) is 29.1 Å². The van der Waals surface area contributed by atoms with Crippen LogP contribution in [0.1, 0.15) is 11.1 Å². The van der Waals surface area contributed by atoms with Crippen molar-refractivity contribution in [3.05, 3.63) is 65.5 Å². The number of aryl methyl sites for hydroxylation is 1. The van der Waals surface area contributed by atoms with Gasteiger partial charge in [0.05, 0.1) is 5.75 Å². The van der Waals surface area contributed by atoms with Crippen molar-refractivity contribution >= 4 is 17.7 Å². The van der Waals surface area contributed by atoms with Gasteiger partial charge < -0.3 is 5.32 Å². The number of halogens is 1. The minimum Gasteiger partial charge on any atom is -0.351 e. The molecule has 2 aromatic carbocycles. The number of carbonyl (C=O) groups excluding carboxylic acids is 1. The third-order valence-electron chi connectivity index (χ3n) is 2.77. The van der Waals surface area contributed by atoms with Crippen LogP contribution in [0, 0.1) is 12.7 Å². The summed E-state index contributed by atoms with van der Waals surface area (Å²) in [7, 11) is 0. The molecule has 2 nitrogen and oxygen atoms in total. The Kier molecular flexibility index (Phi) is 5.18. The highest BCUT2D eigenvalue weighted by Gasteiger charge is 2.06. The molecule has 4 heteroatoms. The monoisotopic (exact) mass is 289 g/mol. The van der Waals surface area contributed by atoms with Crippen molar-refractivity contribution < 1.29 is 9.18 Å². The predicted octanol–water partition coefficient (Wildman–Crippen LogP) is 3.54. The Morgan fingerprint density at radius 1 is 1.20 bits per heavy atom. The standard InChI is InChI=1S/C16H16FNOS/c1-12-5-4-6-13(9-12)10-18-16(19)11-20-15-8-3-2-7-14(15)17/h2-9H,10-11H2,1H3,(H,18,19). The molecule has 0 unspecified atom stereocenters. The number of carbonyl (C=O) groups is 1. The van der Waals surface area contributed by atoms with Gasteiger partial charge in [0.2, 0.25) is 5.91 Å². The van der Waals surface area contributed by atoms with Crippen molar-refractivity contribution in [2.45, 2.75) is 18.4 Å². The first-order chi connectivity index (χ1) is 9.65. The van der Waals surface area contributed by atoms with Crippen LogP contribution in [0.5, 0.6) is 0 Å². The van der Waals surface area contributed by atoms with Crippen LogP contribution in [-0.4, -0.2) is 11.7 Å². The number of rotatable bonds is 5. The summed E-state index contributed by atoms with van der Waals surface area (Å²) < 4.78 is 13.4. The Bertz CT molecular complexity index is 601. The fourth-order valence-corrected chi connectivity index (χ4v) is 2.55. The lowest BCUT2D eigenvalue weighted by Gasteiger charge is -2.06. The highest BCUT2D eigenvalue weighted by atomic mass is 32.2. The summed E-state index contributed by atoms with van der Waals surface area (Å²) in [6, 6.07) is 14.4. The molecule has 0 atom stereocenters. The van der Waals surface area contributed by atoms with Crippen LogP contribution in [0.15, 0.2) is 53.4 Å². The van der Waals surface area contributed by atoms with Gasteiger partial charge >= 0.3 is 0 Å². The number of benzene rings is 2. The Morgan fingerprint density at radius 2 is 2.00 bits per heavy atom. The van der Waals surface area contributed by atoms with Crippen molar-refractivity contribution in [2.75, 3.05) is 5.75 Å². The molecule has 1 N–H and O–H groups in total. The summed E-state index contributed by atoms with van der Waals surface area (Å²) in [5, 5.41) is 2.83. The molecular weight excluding hydrogens is 273 g/mol. The van der Waals surface area contributed by atoms with Gasteiger partial charge in [-0.1, -0.05) is 42.0 Å². The van der Waals surface area contributed by atoms with E-state index in [-0.39, 0.29) is 17.5 Å². The molecule has 104 valence electrons. The number of thioether (sulfide) groups is 1. The Balaban J connectivity index is 1.80. The van der Waals surface area contributed by atoms with Gasteiger partial charge in [0.15, 0.2) is 0 Å². The fourth-order valence-electron chi connectivity index (χ4n) is 1.78. The average Bonchev–Trinajstić information content (AvgIpc) is 2.44. The molecule has 0 saturated heterocycles. The van der Waals surface area contributed by atoms with Gasteiger partial charge in [-0.2, -0.15) is 0 Å². The molecule has 0 aromatic heterocycles. The number of hydrogen-bond acceptors (Lipinski definition) is 2. The molecule has 20 heavy (non-hydrogen) atoms. The molecule has 2 rings (SSSR count). The van der Waals surface area contributed by atoms with E-state index in [0.717, 1.165) is 11.1 Å². The van der Waals surface area contributed by atoms with E-state index < -0.39 is 0 Å². The van der Waals surface area contributed by atoms with Crippen LogP contribution in [0.25, 0.3) is 0 Å². The summed E-state index contributed by atoms with van der Waals surface area (Å²) in [6.45, 7) is 2.51. The lowest BCUT2D eigenvalue weighted by molar-refractivity contribution is -0.118. The quantitative estimate of drug-likeness (QED) is 0.853. The zero-order valence-corrected chi connectivity index (χ0v) is 12.0. The van der Waals surface area contributed by atoms with E-state index in [1.807, 2.05) is 31.2 Å². The molecule has 0 aliphatic heterocycles. The van der Waals surface area contributed by atoms with Gasteiger partial charge in [-0.25, -0.2) is 4.39 Å². The first kappa shape index (κ1) is 14.6. The Hall–Kier alpha value is -1.81. The van der Waals surface area contributed by atoms with E-state index in [1.165, 1.54) is 17.8 Å². The van der Waals surface area contributed by atoms with Crippen LogP contribution in [0.3, 0.4) is 0 Å². The fraction of sp³-hybridized carbons (Fsp3) is 0.188. The SMILES string of the molecule is Cc1cccc(CNC(=O)CSc2ccccc2F)c1. The summed E-state index contributed by atoms with van der Waals surface area (Å²) in [5.41, 5.74) is 2.23. The van der Waals surface area contributed by atoms with Gasteiger partial charge in [-0.15, -0.1) is 11.8 Å². The lowest BCUT2D eigenvalue weighted by atomic mass is 10.1. The van der Waals surface area contributed by atoms with E-state index in [1.54, 1.807) is 18.2 Å². The maximum Gasteiger partial charge on any atom is 0.230 e. The summed E-state index contributed by atoms with van der Waals surface area (Å²) in [6.07, 6.45) is 0. The molecule has 0 radical (unpaired) electrons. The first-order valence-corrected chi connectivity index (χ1v) is 7.33.